The molecule has 0 saturated carbocycles. The molecular weight excluding hydrogens is 300 g/mol. The van der Waals surface area contributed by atoms with E-state index in [-0.39, 0.29) is 5.91 Å². The second-order valence-corrected chi connectivity index (χ2v) is 6.95. The Labute approximate surface area is 142 Å². The van der Waals surface area contributed by atoms with Crippen molar-refractivity contribution in [2.45, 2.75) is 32.7 Å². The molecule has 1 unspecified atom stereocenters. The van der Waals surface area contributed by atoms with E-state index < -0.39 is 0 Å². The summed E-state index contributed by atoms with van der Waals surface area (Å²) in [6, 6.07) is 10.8. The molecule has 1 saturated heterocycles. The monoisotopic (exact) mass is 324 g/mol. The van der Waals surface area contributed by atoms with Gasteiger partial charge in [0, 0.05) is 31.0 Å². The van der Waals surface area contributed by atoms with Crippen LogP contribution in [0.5, 0.6) is 0 Å². The van der Waals surface area contributed by atoms with Gasteiger partial charge < -0.3 is 9.80 Å². The highest BCUT2D eigenvalue weighted by Crippen LogP contribution is 2.28. The molecule has 1 amide bonds. The minimum absolute atomic E-state index is 0.232. The van der Waals surface area contributed by atoms with Crippen LogP contribution in [0.3, 0.4) is 0 Å². The van der Waals surface area contributed by atoms with Gasteiger partial charge in [0.05, 0.1) is 18.3 Å². The van der Waals surface area contributed by atoms with E-state index in [1.165, 1.54) is 16.9 Å². The van der Waals surface area contributed by atoms with E-state index in [2.05, 4.69) is 51.9 Å². The number of carbonyl (C=O) groups is 1. The molecule has 2 aromatic rings. The number of benzene rings is 1. The number of carbonyl (C=O) groups excluding carboxylic acids is 1. The first-order chi connectivity index (χ1) is 11.6. The number of hydrogen-bond acceptors (Lipinski definition) is 3. The molecule has 0 bridgehead atoms. The van der Waals surface area contributed by atoms with Gasteiger partial charge in [-0.3, -0.25) is 9.48 Å². The lowest BCUT2D eigenvalue weighted by Gasteiger charge is -2.23. The number of likely N-dealkylation sites (tertiary alicyclic amines) is 1. The normalized spacial score (nSPS) is 19.8. The maximum atomic E-state index is 12.7. The summed E-state index contributed by atoms with van der Waals surface area (Å²) < 4.78 is 2.09. The summed E-state index contributed by atoms with van der Waals surface area (Å²) in [6.45, 7) is 7.14. The van der Waals surface area contributed by atoms with Crippen LogP contribution in [0.1, 0.15) is 29.4 Å². The lowest BCUT2D eigenvalue weighted by Crippen LogP contribution is -2.38. The number of nitrogens with zero attached hydrogens (tertiary/aromatic N) is 4. The molecule has 2 aliphatic heterocycles. The Morgan fingerprint density at radius 2 is 2.08 bits per heavy atom. The van der Waals surface area contributed by atoms with Crippen LogP contribution in [0.4, 0.5) is 5.69 Å². The van der Waals surface area contributed by atoms with Crippen LogP contribution in [0.2, 0.25) is 0 Å². The van der Waals surface area contributed by atoms with Gasteiger partial charge >= 0.3 is 0 Å². The average Bonchev–Trinajstić information content (AvgIpc) is 3.26. The van der Waals surface area contributed by atoms with Crippen molar-refractivity contribution < 1.29 is 4.79 Å². The van der Waals surface area contributed by atoms with Gasteiger partial charge in [-0.05, 0) is 44.4 Å². The Kier molecular flexibility index (Phi) is 3.79. The van der Waals surface area contributed by atoms with Crippen molar-refractivity contribution in [2.24, 2.45) is 0 Å². The molecule has 3 heterocycles. The summed E-state index contributed by atoms with van der Waals surface area (Å²) >= 11 is 0. The van der Waals surface area contributed by atoms with E-state index in [1.807, 2.05) is 11.8 Å². The van der Waals surface area contributed by atoms with Gasteiger partial charge in [0.25, 0.3) is 0 Å². The minimum atomic E-state index is 0.232. The van der Waals surface area contributed by atoms with Gasteiger partial charge in [-0.1, -0.05) is 18.2 Å². The fourth-order valence-electron chi connectivity index (χ4n) is 4.02. The van der Waals surface area contributed by atoms with Gasteiger partial charge in [0.1, 0.15) is 0 Å². The summed E-state index contributed by atoms with van der Waals surface area (Å²) in [6.07, 6.45) is 2.03. The van der Waals surface area contributed by atoms with Crippen molar-refractivity contribution in [3.8, 4) is 0 Å². The van der Waals surface area contributed by atoms with E-state index in [0.29, 0.717) is 12.6 Å². The molecule has 24 heavy (non-hydrogen) atoms. The van der Waals surface area contributed by atoms with Crippen LogP contribution in [0, 0.1) is 13.8 Å². The maximum Gasteiger partial charge on any atom is 0.242 e. The third kappa shape index (κ3) is 2.68. The lowest BCUT2D eigenvalue weighted by molar-refractivity contribution is -0.128. The predicted octanol–water partition coefficient (Wildman–Crippen LogP) is 2.34. The van der Waals surface area contributed by atoms with Crippen molar-refractivity contribution in [3.05, 3.63) is 47.3 Å². The molecule has 1 fully saturated rings. The molecule has 1 atom stereocenters. The molecular formula is C19H24N4O. The highest BCUT2D eigenvalue weighted by molar-refractivity contribution is 5.82. The Bertz CT molecular complexity index is 766. The van der Waals surface area contributed by atoms with Gasteiger partial charge in [0.15, 0.2) is 0 Å². The number of para-hydroxylation sites is 1. The topological polar surface area (TPSA) is 41.4 Å². The zero-order chi connectivity index (χ0) is 16.7. The number of aromatic nitrogens is 2. The first-order valence-electron chi connectivity index (χ1n) is 8.75. The smallest absolute Gasteiger partial charge is 0.242 e. The third-order valence-corrected chi connectivity index (χ3v) is 5.22. The Balaban J connectivity index is 1.41. The molecule has 5 nitrogen and oxygen atoms in total. The van der Waals surface area contributed by atoms with E-state index in [4.69, 9.17) is 0 Å². The Morgan fingerprint density at radius 3 is 2.88 bits per heavy atom. The fraction of sp³-hybridized carbons (Fsp3) is 0.474. The van der Waals surface area contributed by atoms with Crippen molar-refractivity contribution in [3.63, 3.8) is 0 Å². The summed E-state index contributed by atoms with van der Waals surface area (Å²) in [7, 11) is 0. The Morgan fingerprint density at radius 1 is 1.25 bits per heavy atom. The molecule has 5 heteroatoms. The number of aryl methyl sites for hydroxylation is 2. The lowest BCUT2D eigenvalue weighted by atomic mass is 10.2. The zero-order valence-corrected chi connectivity index (χ0v) is 14.4. The van der Waals surface area contributed by atoms with Crippen LogP contribution in [-0.4, -0.2) is 46.8 Å². The molecule has 1 aromatic carbocycles. The summed E-state index contributed by atoms with van der Waals surface area (Å²) in [5, 5.41) is 4.59. The van der Waals surface area contributed by atoms with Gasteiger partial charge in [-0.2, -0.15) is 5.10 Å². The number of rotatable bonds is 3. The number of fused-ring (bicyclic) bond motifs is 1. The second kappa shape index (κ2) is 5.96. The minimum Gasteiger partial charge on any atom is -0.362 e. The predicted molar refractivity (Wildman–Crippen MR) is 94.3 cm³/mol. The largest absolute Gasteiger partial charge is 0.362 e. The van der Waals surface area contributed by atoms with Crippen LogP contribution in [-0.2, 0) is 11.2 Å². The molecule has 0 N–H and O–H groups in total. The molecule has 126 valence electrons. The van der Waals surface area contributed by atoms with Gasteiger partial charge in [-0.15, -0.1) is 0 Å². The summed E-state index contributed by atoms with van der Waals surface area (Å²) in [4.78, 5) is 17.0. The molecule has 1 aromatic heterocycles. The van der Waals surface area contributed by atoms with Gasteiger partial charge in [-0.25, -0.2) is 0 Å². The SMILES string of the molecule is Cc1cc(C)n(C2CCN(C(=O)CN3CCc4ccccc43)C2)n1. The number of hydrogen-bond donors (Lipinski definition) is 0. The molecule has 0 spiro atoms. The highest BCUT2D eigenvalue weighted by Gasteiger charge is 2.30. The fourth-order valence-corrected chi connectivity index (χ4v) is 4.02. The van der Waals surface area contributed by atoms with Crippen molar-refractivity contribution >= 4 is 11.6 Å². The molecule has 2 aliphatic rings. The van der Waals surface area contributed by atoms with Crippen LogP contribution >= 0.6 is 0 Å². The first kappa shape index (κ1) is 15.2. The summed E-state index contributed by atoms with van der Waals surface area (Å²) in [5.74, 6) is 0.232. The van der Waals surface area contributed by atoms with Crippen LogP contribution in [0.25, 0.3) is 0 Å². The Hall–Kier alpha value is -2.30. The number of amides is 1. The van der Waals surface area contributed by atoms with Crippen LogP contribution < -0.4 is 4.90 Å². The average molecular weight is 324 g/mol. The van der Waals surface area contributed by atoms with Gasteiger partial charge in [0.2, 0.25) is 5.91 Å². The zero-order valence-electron chi connectivity index (χ0n) is 14.4. The molecule has 4 rings (SSSR count). The van der Waals surface area contributed by atoms with Crippen molar-refractivity contribution in [2.75, 3.05) is 31.1 Å². The summed E-state index contributed by atoms with van der Waals surface area (Å²) in [5.41, 5.74) is 4.80. The van der Waals surface area contributed by atoms with E-state index in [9.17, 15) is 4.79 Å². The third-order valence-electron chi connectivity index (χ3n) is 5.22. The highest BCUT2D eigenvalue weighted by atomic mass is 16.2. The number of anilines is 1. The van der Waals surface area contributed by atoms with E-state index in [1.54, 1.807) is 0 Å². The molecule has 0 radical (unpaired) electrons. The van der Waals surface area contributed by atoms with Crippen molar-refractivity contribution in [1.82, 2.24) is 14.7 Å². The van der Waals surface area contributed by atoms with Crippen LogP contribution in [0.15, 0.2) is 30.3 Å². The first-order valence-corrected chi connectivity index (χ1v) is 8.75. The second-order valence-electron chi connectivity index (χ2n) is 6.95. The van der Waals surface area contributed by atoms with E-state index >= 15 is 0 Å². The maximum absolute atomic E-state index is 12.7. The molecule has 0 aliphatic carbocycles. The quantitative estimate of drug-likeness (QED) is 0.870. The van der Waals surface area contributed by atoms with E-state index in [0.717, 1.165) is 38.2 Å². The standard InChI is InChI=1S/C19H24N4O/c1-14-11-15(2)23(20-14)17-8-10-22(12-17)19(24)13-21-9-7-16-5-3-4-6-18(16)21/h3-6,11,17H,7-10,12-13H2,1-2H3. The van der Waals surface area contributed by atoms with Crippen molar-refractivity contribution in [1.29, 1.82) is 0 Å².